The maximum Gasteiger partial charge on any atom is 0.0524 e. The Balaban J connectivity index is 1.78. The third kappa shape index (κ3) is 1.88. The van der Waals surface area contributed by atoms with E-state index in [0.29, 0.717) is 24.0 Å². The highest BCUT2D eigenvalue weighted by atomic mass is 16.5. The Morgan fingerprint density at radius 1 is 1.31 bits per heavy atom. The van der Waals surface area contributed by atoms with E-state index < -0.39 is 0 Å². The number of hydrogen-bond donors (Lipinski definition) is 2. The zero-order valence-corrected chi connectivity index (χ0v) is 10.1. The van der Waals surface area contributed by atoms with Crippen molar-refractivity contribution in [3.8, 4) is 0 Å². The van der Waals surface area contributed by atoms with Gasteiger partial charge >= 0.3 is 0 Å². The molecule has 92 valence electrons. The van der Waals surface area contributed by atoms with Gasteiger partial charge in [0.1, 0.15) is 0 Å². The van der Waals surface area contributed by atoms with Crippen LogP contribution in [0.4, 0.5) is 0 Å². The molecule has 4 atom stereocenters. The van der Waals surface area contributed by atoms with E-state index in [-0.39, 0.29) is 0 Å². The van der Waals surface area contributed by atoms with E-state index in [2.05, 4.69) is 22.5 Å². The molecule has 3 aliphatic rings. The molecule has 0 saturated carbocycles. The minimum atomic E-state index is 0.660. The molecule has 3 aliphatic heterocycles. The van der Waals surface area contributed by atoms with Crippen LogP contribution < -0.4 is 10.6 Å². The summed E-state index contributed by atoms with van der Waals surface area (Å²) < 4.78 is 5.66. The third-order valence-corrected chi connectivity index (χ3v) is 4.55. The summed E-state index contributed by atoms with van der Waals surface area (Å²) in [4.78, 5) is 2.68. The first-order valence-electron chi connectivity index (χ1n) is 6.64. The van der Waals surface area contributed by atoms with Crippen LogP contribution >= 0.6 is 0 Å². The molecule has 0 aliphatic carbocycles. The Labute approximate surface area is 97.7 Å². The normalized spacial score (nSPS) is 45.6. The molecule has 0 bridgehead atoms. The van der Waals surface area contributed by atoms with E-state index in [1.165, 1.54) is 13.0 Å². The lowest BCUT2D eigenvalue weighted by molar-refractivity contribution is -0.00255. The molecule has 3 saturated heterocycles. The second kappa shape index (κ2) is 4.61. The standard InChI is InChI=1S/C12H23N3O/c1-9-11-8-16-5-2-12(11)14-7-10-6-13-3-4-15(9)10/h9-14H,2-8H2,1H3/t9-,10?,11-,12?/m0/s1. The zero-order valence-electron chi connectivity index (χ0n) is 10.1. The van der Waals surface area contributed by atoms with Gasteiger partial charge in [-0.05, 0) is 13.3 Å². The van der Waals surface area contributed by atoms with Crippen molar-refractivity contribution in [2.24, 2.45) is 5.92 Å². The molecule has 16 heavy (non-hydrogen) atoms. The van der Waals surface area contributed by atoms with Crippen molar-refractivity contribution in [1.29, 1.82) is 0 Å². The Kier molecular flexibility index (Phi) is 3.16. The highest BCUT2D eigenvalue weighted by molar-refractivity contribution is 4.96. The number of hydrogen-bond acceptors (Lipinski definition) is 4. The number of ether oxygens (including phenoxy) is 1. The summed E-state index contributed by atoms with van der Waals surface area (Å²) in [7, 11) is 0. The molecule has 2 unspecified atom stereocenters. The Hall–Kier alpha value is -0.160. The van der Waals surface area contributed by atoms with E-state index in [1.54, 1.807) is 0 Å². The van der Waals surface area contributed by atoms with Crippen molar-refractivity contribution in [3.05, 3.63) is 0 Å². The molecule has 4 nitrogen and oxygen atoms in total. The molecule has 0 spiro atoms. The molecule has 0 aromatic heterocycles. The smallest absolute Gasteiger partial charge is 0.0524 e. The monoisotopic (exact) mass is 225 g/mol. The van der Waals surface area contributed by atoms with Gasteiger partial charge in [-0.3, -0.25) is 4.90 Å². The van der Waals surface area contributed by atoms with Crippen LogP contribution in [0.5, 0.6) is 0 Å². The molecule has 4 heteroatoms. The lowest BCUT2D eigenvalue weighted by Crippen LogP contribution is -2.57. The predicted octanol–water partition coefficient (Wildman–Crippen LogP) is -0.343. The molecule has 3 heterocycles. The zero-order chi connectivity index (χ0) is 11.0. The molecule has 0 aromatic rings. The molecule has 0 amide bonds. The van der Waals surface area contributed by atoms with Gasteiger partial charge < -0.3 is 15.4 Å². The van der Waals surface area contributed by atoms with E-state index in [1.807, 2.05) is 0 Å². The highest BCUT2D eigenvalue weighted by Crippen LogP contribution is 2.26. The Morgan fingerprint density at radius 3 is 3.19 bits per heavy atom. The summed E-state index contributed by atoms with van der Waals surface area (Å²) in [6.45, 7) is 8.86. The summed E-state index contributed by atoms with van der Waals surface area (Å²) >= 11 is 0. The Bertz CT molecular complexity index is 224. The van der Waals surface area contributed by atoms with Crippen LogP contribution in [0.25, 0.3) is 0 Å². The van der Waals surface area contributed by atoms with Crippen molar-refractivity contribution in [2.75, 3.05) is 39.4 Å². The lowest BCUT2D eigenvalue weighted by Gasteiger charge is -2.42. The van der Waals surface area contributed by atoms with E-state index in [0.717, 1.165) is 32.8 Å². The predicted molar refractivity (Wildman–Crippen MR) is 63.5 cm³/mol. The van der Waals surface area contributed by atoms with Crippen LogP contribution in [0.2, 0.25) is 0 Å². The van der Waals surface area contributed by atoms with Gasteiger partial charge in [0.2, 0.25) is 0 Å². The summed E-state index contributed by atoms with van der Waals surface area (Å²) in [6, 6.07) is 2.01. The first kappa shape index (κ1) is 11.0. The second-order valence-electron chi connectivity index (χ2n) is 5.38. The molecular weight excluding hydrogens is 202 g/mol. The van der Waals surface area contributed by atoms with E-state index in [4.69, 9.17) is 4.74 Å². The quantitative estimate of drug-likeness (QED) is 0.591. The van der Waals surface area contributed by atoms with Crippen LogP contribution in [0.15, 0.2) is 0 Å². The maximum absolute atomic E-state index is 5.66. The minimum Gasteiger partial charge on any atom is -0.381 e. The lowest BCUT2D eigenvalue weighted by atomic mass is 9.89. The van der Waals surface area contributed by atoms with Gasteiger partial charge in [-0.25, -0.2) is 0 Å². The molecule has 0 aromatic carbocycles. The number of piperazine rings is 1. The van der Waals surface area contributed by atoms with Crippen LogP contribution in [0, 0.1) is 5.92 Å². The number of nitrogens with zero attached hydrogens (tertiary/aromatic N) is 1. The maximum atomic E-state index is 5.66. The first-order chi connectivity index (χ1) is 7.86. The summed E-state index contributed by atoms with van der Waals surface area (Å²) in [5, 5.41) is 7.25. The molecular formula is C12H23N3O. The van der Waals surface area contributed by atoms with Gasteiger partial charge in [0.15, 0.2) is 0 Å². The largest absolute Gasteiger partial charge is 0.381 e. The van der Waals surface area contributed by atoms with Crippen LogP contribution in [-0.4, -0.2) is 62.4 Å². The van der Waals surface area contributed by atoms with Gasteiger partial charge in [-0.1, -0.05) is 0 Å². The summed E-state index contributed by atoms with van der Waals surface area (Å²) in [5.74, 6) is 0.678. The number of nitrogens with one attached hydrogen (secondary N) is 2. The molecule has 3 rings (SSSR count). The second-order valence-corrected chi connectivity index (χ2v) is 5.38. The number of fused-ring (bicyclic) bond motifs is 2. The van der Waals surface area contributed by atoms with Gasteiger partial charge in [-0.15, -0.1) is 0 Å². The third-order valence-electron chi connectivity index (χ3n) is 4.55. The fraction of sp³-hybridized carbons (Fsp3) is 1.00. The minimum absolute atomic E-state index is 0.660. The fourth-order valence-corrected chi connectivity index (χ4v) is 3.52. The van der Waals surface area contributed by atoms with Crippen LogP contribution in [0.3, 0.4) is 0 Å². The highest BCUT2D eigenvalue weighted by Gasteiger charge is 2.39. The average Bonchev–Trinajstić information content (AvgIpc) is 2.49. The SMILES string of the molecule is C[C@H]1[C@@H]2COCCC2NCC2CNCCN21. The van der Waals surface area contributed by atoms with Gasteiger partial charge in [0.25, 0.3) is 0 Å². The molecule has 3 fully saturated rings. The van der Waals surface area contributed by atoms with Gasteiger partial charge in [0, 0.05) is 56.8 Å². The number of rotatable bonds is 0. The van der Waals surface area contributed by atoms with Crippen molar-refractivity contribution in [3.63, 3.8) is 0 Å². The molecule has 2 N–H and O–H groups in total. The Morgan fingerprint density at radius 2 is 2.25 bits per heavy atom. The summed E-state index contributed by atoms with van der Waals surface area (Å²) in [6.07, 6.45) is 1.18. The average molecular weight is 225 g/mol. The van der Waals surface area contributed by atoms with Crippen LogP contribution in [-0.2, 0) is 4.74 Å². The van der Waals surface area contributed by atoms with Crippen molar-refractivity contribution in [2.45, 2.75) is 31.5 Å². The van der Waals surface area contributed by atoms with Gasteiger partial charge in [-0.2, -0.15) is 0 Å². The van der Waals surface area contributed by atoms with Gasteiger partial charge in [0.05, 0.1) is 6.61 Å². The van der Waals surface area contributed by atoms with Crippen molar-refractivity contribution < 1.29 is 4.74 Å². The van der Waals surface area contributed by atoms with E-state index in [9.17, 15) is 0 Å². The van der Waals surface area contributed by atoms with Crippen LogP contribution in [0.1, 0.15) is 13.3 Å². The topological polar surface area (TPSA) is 36.5 Å². The van der Waals surface area contributed by atoms with Crippen molar-refractivity contribution >= 4 is 0 Å². The van der Waals surface area contributed by atoms with E-state index >= 15 is 0 Å². The molecule has 0 radical (unpaired) electrons. The summed E-state index contributed by atoms with van der Waals surface area (Å²) in [5.41, 5.74) is 0. The van der Waals surface area contributed by atoms with Crippen molar-refractivity contribution in [1.82, 2.24) is 15.5 Å². The fourth-order valence-electron chi connectivity index (χ4n) is 3.52. The first-order valence-corrected chi connectivity index (χ1v) is 6.64.